The Kier molecular flexibility index (Phi) is 41.3. The molecular formula is C69H62F65N5O5. The molecule has 0 aromatic heterocycles. The minimum Gasteiger partial charge on any atom is -0.352 e. The maximum Gasteiger partial charge on any atom is 0.460 e. The van der Waals surface area contributed by atoms with Crippen LogP contribution in [0.1, 0.15) is 104 Å². The number of halogens is 65. The summed E-state index contributed by atoms with van der Waals surface area (Å²) in [5.74, 6) is -194. The molecule has 144 heavy (non-hydrogen) atoms. The molecule has 0 radical (unpaired) electrons. The van der Waals surface area contributed by atoms with Crippen LogP contribution >= 0.6 is 0 Å². The Morgan fingerprint density at radius 1 is 0.250 bits per heavy atom. The van der Waals surface area contributed by atoms with Gasteiger partial charge in [-0.05, 0) is 84.3 Å². The van der Waals surface area contributed by atoms with Gasteiger partial charge < -0.3 is 25.3 Å². The van der Waals surface area contributed by atoms with Crippen LogP contribution in [0.3, 0.4) is 0 Å². The van der Waals surface area contributed by atoms with E-state index in [0.717, 1.165) is 26.1 Å². The van der Waals surface area contributed by atoms with Gasteiger partial charge in [0.25, 0.3) is 0 Å². The molecule has 0 saturated carbocycles. The number of nitrogens with zero attached hydrogens (tertiary/aromatic N) is 3. The fourth-order valence-electron chi connectivity index (χ4n) is 11.4. The van der Waals surface area contributed by atoms with E-state index >= 15 is 0 Å². The first-order valence-corrected chi connectivity index (χ1v) is 37.2. The molecule has 5 amide bonds. The Hall–Kier alpha value is -8.50. The summed E-state index contributed by atoms with van der Waals surface area (Å²) in [7, 11) is 0. The zero-order valence-electron chi connectivity index (χ0n) is 70.1. The van der Waals surface area contributed by atoms with Crippen LogP contribution in [0, 0.1) is 0 Å². The summed E-state index contributed by atoms with van der Waals surface area (Å²) in [5.41, 5.74) is -1.07. The molecule has 3 saturated heterocycles. The molecule has 848 valence electrons. The highest BCUT2D eigenvalue weighted by Crippen LogP contribution is 2.69. The van der Waals surface area contributed by atoms with Crippen LogP contribution in [0.2, 0.25) is 0 Å². The molecule has 0 aliphatic carbocycles. The number of hydrogen-bond donors (Lipinski definition) is 2. The molecule has 0 spiro atoms. The predicted octanol–water partition coefficient (Wildman–Crippen LogP) is 26.7. The quantitative estimate of drug-likeness (QED) is 0.0372. The van der Waals surface area contributed by atoms with E-state index in [2.05, 4.69) is 32.9 Å². The minimum absolute atomic E-state index is 0.0256. The van der Waals surface area contributed by atoms with Crippen LogP contribution in [0.25, 0.3) is 0 Å². The van der Waals surface area contributed by atoms with Crippen LogP contribution in [0.15, 0.2) is 61.8 Å². The van der Waals surface area contributed by atoms with Gasteiger partial charge in [0.1, 0.15) is 18.1 Å². The number of hydrogen-bond acceptors (Lipinski definition) is 5. The van der Waals surface area contributed by atoms with Crippen molar-refractivity contribution in [1.29, 1.82) is 0 Å². The van der Waals surface area contributed by atoms with Gasteiger partial charge in [-0.15, -0.1) is 0 Å². The monoisotopic (exact) mass is 2280 g/mol. The van der Waals surface area contributed by atoms with Crippen molar-refractivity contribution in [3.05, 3.63) is 61.8 Å². The summed E-state index contributed by atoms with van der Waals surface area (Å²) in [6.45, 7) is 12.6. The van der Waals surface area contributed by atoms with Crippen LogP contribution in [0.4, 0.5) is 285 Å². The van der Waals surface area contributed by atoms with Crippen molar-refractivity contribution in [2.24, 2.45) is 0 Å². The van der Waals surface area contributed by atoms with E-state index in [0.29, 0.717) is 12.2 Å². The molecule has 3 fully saturated rings. The summed E-state index contributed by atoms with van der Waals surface area (Å²) >= 11 is 0. The van der Waals surface area contributed by atoms with Gasteiger partial charge in [-0.25, -0.2) is 0 Å². The lowest BCUT2D eigenvalue weighted by molar-refractivity contribution is -0.461. The van der Waals surface area contributed by atoms with Crippen LogP contribution < -0.4 is 10.6 Å². The van der Waals surface area contributed by atoms with E-state index in [1.54, 1.807) is 0 Å². The molecule has 3 unspecified atom stereocenters. The predicted molar refractivity (Wildman–Crippen MR) is 351 cm³/mol. The van der Waals surface area contributed by atoms with Gasteiger partial charge in [-0.1, -0.05) is 58.6 Å². The third-order valence-corrected chi connectivity index (χ3v) is 19.9. The summed E-state index contributed by atoms with van der Waals surface area (Å²) in [4.78, 5) is 56.9. The fourth-order valence-corrected chi connectivity index (χ4v) is 11.4. The Balaban J connectivity index is 0. The van der Waals surface area contributed by atoms with Crippen molar-refractivity contribution < 1.29 is 309 Å². The van der Waals surface area contributed by atoms with E-state index < -0.39 is 310 Å². The SMILES string of the molecule is C=C(C)C(=O)N1CCCCCC1C(F)(F)C(F)(F)C(F)(F)C(F)(F)F.C=C(C)C(=O)NCC(F)(F)C(F)(F)C(F)(F)C(F)(F)C(F)(F)C(F)(F)F.C=C(C)C(=O)NCCCCC(F)(F)C(F)(F)C(F)(F)C(F)(F)C(F)(F)C(F)(F)C(F)(F)C(F)(F)F.C=CC(=O)N1CCCC1C(F)(F)C(F)(F)C(F)(F)C(F)(F)C(F)(F)C(F)(F)F.C=CC(=O)N1CCCCCC1C(F)(F)C(F)(F)C(F)(F)C(F)(F)C(F)(F)C(F)(F)F. The third kappa shape index (κ3) is 24.2. The molecule has 3 aliphatic heterocycles. The average molecular weight is 2280 g/mol. The molecule has 2 N–H and O–H groups in total. The first-order valence-electron chi connectivity index (χ1n) is 37.2. The smallest absolute Gasteiger partial charge is 0.352 e. The first kappa shape index (κ1) is 138. The van der Waals surface area contributed by atoms with E-state index in [1.165, 1.54) is 0 Å². The Labute approximate surface area is 759 Å². The summed E-state index contributed by atoms with van der Waals surface area (Å²) in [6.07, 6.45) is -44.8. The molecule has 0 bridgehead atoms. The molecule has 10 nitrogen and oxygen atoms in total. The van der Waals surface area contributed by atoms with Crippen LogP contribution in [-0.2, 0) is 24.0 Å². The Bertz CT molecular complexity index is 4410. The first-order chi connectivity index (χ1) is 62.7. The molecule has 3 aliphatic rings. The highest BCUT2D eigenvalue weighted by Gasteiger charge is 2.98. The van der Waals surface area contributed by atoms with Crippen molar-refractivity contribution in [3.63, 3.8) is 0 Å². The lowest BCUT2D eigenvalue weighted by Gasteiger charge is -2.43. The third-order valence-electron chi connectivity index (χ3n) is 19.9. The van der Waals surface area contributed by atoms with Gasteiger partial charge in [-0.2, -0.15) is 285 Å². The molecular weight excluding hydrogens is 2210 g/mol. The van der Waals surface area contributed by atoms with E-state index in [4.69, 9.17) is 0 Å². The topological polar surface area (TPSA) is 119 Å². The summed E-state index contributed by atoms with van der Waals surface area (Å²) in [6, 6.07) is -9.17. The fraction of sp³-hybridized carbons (Fsp3) is 0.783. The number of alkyl halides is 65. The zero-order chi connectivity index (χ0) is 117. The molecule has 0 aromatic rings. The number of rotatable bonds is 35. The zero-order valence-corrected chi connectivity index (χ0v) is 70.1. The normalized spacial score (nSPS) is 18.4. The van der Waals surface area contributed by atoms with Crippen LogP contribution in [0.5, 0.6) is 0 Å². The second-order valence-corrected chi connectivity index (χ2v) is 30.3. The highest BCUT2D eigenvalue weighted by atomic mass is 19.5. The van der Waals surface area contributed by atoms with Crippen molar-refractivity contribution in [3.8, 4) is 0 Å². The highest BCUT2D eigenvalue weighted by molar-refractivity contribution is 5.93. The van der Waals surface area contributed by atoms with Crippen molar-refractivity contribution in [1.82, 2.24) is 25.3 Å². The van der Waals surface area contributed by atoms with E-state index in [9.17, 15) is 309 Å². The van der Waals surface area contributed by atoms with Crippen LogP contribution in [-0.4, -0.2) is 274 Å². The number of carbonyl (C=O) groups is 5. The molecule has 75 heteroatoms. The number of unbranched alkanes of at least 4 members (excludes halogenated alkanes) is 1. The maximum atomic E-state index is 14.4. The van der Waals surface area contributed by atoms with Crippen molar-refractivity contribution in [2.45, 2.75) is 301 Å². The van der Waals surface area contributed by atoms with E-state index in [-0.39, 0.29) is 64.4 Å². The number of carbonyl (C=O) groups excluding carboxylic acids is 5. The Morgan fingerprint density at radius 2 is 0.458 bits per heavy atom. The van der Waals surface area contributed by atoms with Gasteiger partial charge >= 0.3 is 179 Å². The number of nitrogens with one attached hydrogen (secondary N) is 2. The lowest BCUT2D eigenvalue weighted by Crippen LogP contribution is -2.74. The van der Waals surface area contributed by atoms with Gasteiger partial charge in [0.15, 0.2) is 0 Å². The number of likely N-dealkylation sites (tertiary alicyclic amines) is 3. The number of amides is 5. The second-order valence-electron chi connectivity index (χ2n) is 30.3. The summed E-state index contributed by atoms with van der Waals surface area (Å²) in [5, 5.41) is 2.80. The van der Waals surface area contributed by atoms with Gasteiger partial charge in [-0.3, -0.25) is 24.0 Å². The van der Waals surface area contributed by atoms with Crippen molar-refractivity contribution in [2.75, 3.05) is 32.7 Å². The largest absolute Gasteiger partial charge is 0.460 e. The molecule has 0 aromatic carbocycles. The minimum atomic E-state index is -8.63. The standard InChI is InChI=1S/C16H14F17NO.C15H14F13NO.C14H16F9NO.C13H10F13NO.C11H8F13NO/c1-7(2)8(35)34-6-4-3-5-9(17,18)10(19,20)11(21,22)12(23,24)13(25,26)14(27,28)15(29,30)16(31,32)33;1-2-9(30)29-7-5-3-4-6-8(29)10(16,17)11(18,19)12(20,21)13(22,23)14(24,25)15(26,27)28;1-8(2)10(25)24-7-5-3-4-6-9(24)11(15,16)12(17,18)13(19,20)14(21,22)23;1-2-7(28)27-5-3-4-6(27)8(14,15)9(16,17)10(18,19)11(20,21)12(22,23)13(24,25)26;1-4(2)5(26)25-3-6(12,13)7(14,15)8(16,17)9(18,19)10(20,21)11(22,23)24/h1,3-6H2,2H3,(H,34,35);2,8H,1,3-7H2;9H,1,3-7H2,2H3;2,6H,1,3-5H2;1,3H2,2H3,(H,25,26). The molecule has 3 atom stereocenters. The van der Waals surface area contributed by atoms with Gasteiger partial charge in [0.05, 0.1) is 6.54 Å². The maximum absolute atomic E-state index is 14.4. The summed E-state index contributed by atoms with van der Waals surface area (Å²) < 4.78 is 850. The van der Waals surface area contributed by atoms with Gasteiger partial charge in [0, 0.05) is 49.3 Å². The molecule has 3 heterocycles. The average Bonchev–Trinajstić information content (AvgIpc) is 0.729. The lowest BCUT2D eigenvalue weighted by atomic mass is 9.88. The van der Waals surface area contributed by atoms with E-state index in [1.807, 2.05) is 5.32 Å². The van der Waals surface area contributed by atoms with Crippen molar-refractivity contribution >= 4 is 29.5 Å². The second kappa shape index (κ2) is 43.2. The molecule has 3 rings (SSSR count). The Morgan fingerprint density at radius 3 is 0.715 bits per heavy atom. The van der Waals surface area contributed by atoms with Gasteiger partial charge in [0.2, 0.25) is 29.5 Å².